The number of likely N-dealkylation sites (tertiary alicyclic amines) is 1. The monoisotopic (exact) mass is 373 g/mol. The summed E-state index contributed by atoms with van der Waals surface area (Å²) < 4.78 is 1.58. The fraction of sp³-hybridized carbons (Fsp3) is 0.600. The number of aromatic nitrogens is 1. The quantitative estimate of drug-likeness (QED) is 0.756. The van der Waals surface area contributed by atoms with Gasteiger partial charge in [0.15, 0.2) is 0 Å². The SMILES string of the molecule is CN1CCC(c2nc3cc(C4=NCC(C)(C)SCC4)ccc3s2)CC1. The molecule has 0 amide bonds. The van der Waals surface area contributed by atoms with Crippen molar-refractivity contribution in [1.29, 1.82) is 0 Å². The first-order chi connectivity index (χ1) is 12.0. The average molecular weight is 374 g/mol. The molecule has 4 rings (SSSR count). The first-order valence-electron chi connectivity index (χ1n) is 9.27. The third-order valence-electron chi connectivity index (χ3n) is 5.29. The molecule has 0 atom stereocenters. The van der Waals surface area contributed by atoms with E-state index in [1.165, 1.54) is 46.9 Å². The molecular formula is C20H27N3S2. The van der Waals surface area contributed by atoms with E-state index in [0.717, 1.165) is 24.2 Å². The van der Waals surface area contributed by atoms with Gasteiger partial charge in [-0.25, -0.2) is 4.98 Å². The number of benzene rings is 1. The van der Waals surface area contributed by atoms with Crippen molar-refractivity contribution in [3.8, 4) is 0 Å². The molecule has 1 saturated heterocycles. The minimum Gasteiger partial charge on any atom is -0.306 e. The second kappa shape index (κ2) is 7.01. The van der Waals surface area contributed by atoms with E-state index >= 15 is 0 Å². The number of thioether (sulfide) groups is 1. The predicted molar refractivity (Wildman–Crippen MR) is 112 cm³/mol. The van der Waals surface area contributed by atoms with E-state index in [1.807, 2.05) is 23.1 Å². The number of fused-ring (bicyclic) bond motifs is 1. The molecule has 2 aliphatic rings. The van der Waals surface area contributed by atoms with Crippen molar-refractivity contribution < 1.29 is 0 Å². The third kappa shape index (κ3) is 3.93. The fourth-order valence-corrected chi connectivity index (χ4v) is 5.75. The van der Waals surface area contributed by atoms with E-state index in [0.29, 0.717) is 5.92 Å². The minimum atomic E-state index is 0.258. The van der Waals surface area contributed by atoms with Gasteiger partial charge in [-0.2, -0.15) is 11.8 Å². The third-order valence-corrected chi connectivity index (χ3v) is 7.81. The highest BCUT2D eigenvalue weighted by atomic mass is 32.2. The molecular weight excluding hydrogens is 346 g/mol. The summed E-state index contributed by atoms with van der Waals surface area (Å²) in [7, 11) is 2.22. The number of rotatable bonds is 2. The van der Waals surface area contributed by atoms with Gasteiger partial charge in [0.05, 0.1) is 21.8 Å². The van der Waals surface area contributed by atoms with Crippen LogP contribution < -0.4 is 0 Å². The van der Waals surface area contributed by atoms with Crippen molar-refractivity contribution in [2.24, 2.45) is 4.99 Å². The normalized spacial score (nSPS) is 22.8. The summed E-state index contributed by atoms with van der Waals surface area (Å²) in [5.74, 6) is 1.80. The maximum atomic E-state index is 5.01. The average Bonchev–Trinajstić information content (AvgIpc) is 2.92. The Balaban J connectivity index is 1.59. The lowest BCUT2D eigenvalue weighted by molar-refractivity contribution is 0.255. The molecule has 0 unspecified atom stereocenters. The Morgan fingerprint density at radius 3 is 2.80 bits per heavy atom. The van der Waals surface area contributed by atoms with Gasteiger partial charge in [0.25, 0.3) is 0 Å². The maximum absolute atomic E-state index is 5.01. The Labute approximate surface area is 158 Å². The molecule has 25 heavy (non-hydrogen) atoms. The van der Waals surface area contributed by atoms with Crippen LogP contribution in [0.25, 0.3) is 10.2 Å². The number of hydrogen-bond acceptors (Lipinski definition) is 5. The summed E-state index contributed by atoms with van der Waals surface area (Å²) in [6.45, 7) is 7.87. The summed E-state index contributed by atoms with van der Waals surface area (Å²) in [5, 5.41) is 1.33. The van der Waals surface area contributed by atoms with Crippen LogP contribution in [0.15, 0.2) is 23.2 Å². The molecule has 0 spiro atoms. The summed E-state index contributed by atoms with van der Waals surface area (Å²) in [6, 6.07) is 6.78. The van der Waals surface area contributed by atoms with Gasteiger partial charge in [-0.15, -0.1) is 11.3 Å². The summed E-state index contributed by atoms with van der Waals surface area (Å²) in [6.07, 6.45) is 3.54. The van der Waals surface area contributed by atoms with Crippen LogP contribution in [0.3, 0.4) is 0 Å². The van der Waals surface area contributed by atoms with E-state index in [2.05, 4.69) is 44.0 Å². The Hall–Kier alpha value is -0.910. The molecule has 3 heterocycles. The van der Waals surface area contributed by atoms with E-state index in [1.54, 1.807) is 0 Å². The maximum Gasteiger partial charge on any atom is 0.0970 e. The predicted octanol–water partition coefficient (Wildman–Crippen LogP) is 4.81. The van der Waals surface area contributed by atoms with Crippen LogP contribution in [0.4, 0.5) is 0 Å². The molecule has 0 N–H and O–H groups in total. The zero-order valence-corrected chi connectivity index (χ0v) is 17.1. The Morgan fingerprint density at radius 2 is 2.00 bits per heavy atom. The highest BCUT2D eigenvalue weighted by molar-refractivity contribution is 8.00. The van der Waals surface area contributed by atoms with Crippen molar-refractivity contribution in [2.75, 3.05) is 32.4 Å². The van der Waals surface area contributed by atoms with Gasteiger partial charge >= 0.3 is 0 Å². The zero-order chi connectivity index (χ0) is 17.4. The van der Waals surface area contributed by atoms with Crippen LogP contribution in [0, 0.1) is 0 Å². The first-order valence-corrected chi connectivity index (χ1v) is 11.1. The van der Waals surface area contributed by atoms with Crippen molar-refractivity contribution in [1.82, 2.24) is 9.88 Å². The van der Waals surface area contributed by atoms with Crippen LogP contribution in [0.1, 0.15) is 49.6 Å². The van der Waals surface area contributed by atoms with Gasteiger partial charge < -0.3 is 4.90 Å². The molecule has 1 aromatic carbocycles. The lowest BCUT2D eigenvalue weighted by atomic mass is 9.98. The second-order valence-corrected chi connectivity index (χ2v) is 10.8. The molecule has 0 radical (unpaired) electrons. The number of piperidine rings is 1. The standard InChI is InChI=1S/C20H27N3S2/c1-20(2)13-21-16(8-11-24-20)15-4-5-18-17(12-15)22-19(25-18)14-6-9-23(3)10-7-14/h4-5,12,14H,6-11,13H2,1-3H3. The van der Waals surface area contributed by atoms with Crippen LogP contribution >= 0.6 is 23.1 Å². The lowest BCUT2D eigenvalue weighted by Gasteiger charge is -2.27. The zero-order valence-electron chi connectivity index (χ0n) is 15.4. The lowest BCUT2D eigenvalue weighted by Crippen LogP contribution is -2.29. The van der Waals surface area contributed by atoms with Gasteiger partial charge in [-0.1, -0.05) is 6.07 Å². The van der Waals surface area contributed by atoms with Crippen molar-refractivity contribution >= 4 is 39.0 Å². The first kappa shape index (κ1) is 17.5. The van der Waals surface area contributed by atoms with Gasteiger partial charge in [0, 0.05) is 16.4 Å². The number of thiazole rings is 1. The summed E-state index contributed by atoms with van der Waals surface area (Å²) >= 11 is 3.92. The topological polar surface area (TPSA) is 28.5 Å². The van der Waals surface area contributed by atoms with Crippen LogP contribution in [0.2, 0.25) is 0 Å². The minimum absolute atomic E-state index is 0.258. The van der Waals surface area contributed by atoms with Gasteiger partial charge in [-0.05, 0) is 76.7 Å². The molecule has 5 heteroatoms. The van der Waals surface area contributed by atoms with Crippen LogP contribution in [-0.2, 0) is 0 Å². The Bertz CT molecular complexity index is 785. The summed E-state index contributed by atoms with van der Waals surface area (Å²) in [5.41, 5.74) is 3.69. The molecule has 1 aromatic heterocycles. The Kier molecular flexibility index (Phi) is 4.91. The van der Waals surface area contributed by atoms with E-state index < -0.39 is 0 Å². The van der Waals surface area contributed by atoms with Crippen molar-refractivity contribution in [3.05, 3.63) is 28.8 Å². The van der Waals surface area contributed by atoms with Gasteiger partial charge in [0.1, 0.15) is 0 Å². The van der Waals surface area contributed by atoms with E-state index in [4.69, 9.17) is 9.98 Å². The van der Waals surface area contributed by atoms with Crippen LogP contribution in [-0.4, -0.2) is 52.8 Å². The molecule has 0 saturated carbocycles. The molecule has 134 valence electrons. The fourth-order valence-electron chi connectivity index (χ4n) is 3.63. The van der Waals surface area contributed by atoms with E-state index in [9.17, 15) is 0 Å². The number of hydrogen-bond donors (Lipinski definition) is 0. The van der Waals surface area contributed by atoms with E-state index in [-0.39, 0.29) is 4.75 Å². The Morgan fingerprint density at radius 1 is 1.20 bits per heavy atom. The molecule has 0 bridgehead atoms. The molecule has 2 aromatic rings. The molecule has 2 aliphatic heterocycles. The molecule has 0 aliphatic carbocycles. The summed E-state index contributed by atoms with van der Waals surface area (Å²) in [4.78, 5) is 12.4. The largest absolute Gasteiger partial charge is 0.306 e. The van der Waals surface area contributed by atoms with Crippen LogP contribution in [0.5, 0.6) is 0 Å². The smallest absolute Gasteiger partial charge is 0.0970 e. The highest BCUT2D eigenvalue weighted by Crippen LogP contribution is 2.34. The van der Waals surface area contributed by atoms with Crippen molar-refractivity contribution in [3.63, 3.8) is 0 Å². The van der Waals surface area contributed by atoms with Crippen molar-refractivity contribution in [2.45, 2.75) is 43.8 Å². The van der Waals surface area contributed by atoms with Gasteiger partial charge in [0.2, 0.25) is 0 Å². The number of aliphatic imine (C=N–C) groups is 1. The molecule has 1 fully saturated rings. The second-order valence-electron chi connectivity index (χ2n) is 7.93. The molecule has 3 nitrogen and oxygen atoms in total. The highest BCUT2D eigenvalue weighted by Gasteiger charge is 2.23. The number of nitrogens with zero attached hydrogens (tertiary/aromatic N) is 3. The van der Waals surface area contributed by atoms with Gasteiger partial charge in [-0.3, -0.25) is 4.99 Å².